The number of benzene rings is 2. The summed E-state index contributed by atoms with van der Waals surface area (Å²) < 4.78 is 15.6. The van der Waals surface area contributed by atoms with Crippen molar-refractivity contribution in [2.45, 2.75) is 26.4 Å². The van der Waals surface area contributed by atoms with Gasteiger partial charge in [0.2, 0.25) is 0 Å². The third kappa shape index (κ3) is 4.87. The number of fused-ring (bicyclic) bond motifs is 1. The number of ketones is 1. The van der Waals surface area contributed by atoms with Crippen LogP contribution in [0.25, 0.3) is 11.0 Å². The van der Waals surface area contributed by atoms with Gasteiger partial charge in [-0.1, -0.05) is 12.1 Å². The number of carbonyl (C=O) groups is 2. The number of nitrogens with zero attached hydrogens (tertiary/aromatic N) is 2. The van der Waals surface area contributed by atoms with Crippen LogP contribution in [0.3, 0.4) is 0 Å². The van der Waals surface area contributed by atoms with E-state index >= 15 is 0 Å². The van der Waals surface area contributed by atoms with E-state index in [1.807, 2.05) is 31.2 Å². The van der Waals surface area contributed by atoms with Gasteiger partial charge in [0.25, 0.3) is 0 Å². The van der Waals surface area contributed by atoms with E-state index in [0.29, 0.717) is 28.5 Å². The maximum atomic E-state index is 12.4. The van der Waals surface area contributed by atoms with Gasteiger partial charge >= 0.3 is 5.97 Å². The van der Waals surface area contributed by atoms with Gasteiger partial charge in [-0.2, -0.15) is 0 Å². The molecular weight excluding hydrogens is 372 g/mol. The highest BCUT2D eigenvalue weighted by Gasteiger charge is 2.14. The van der Waals surface area contributed by atoms with E-state index in [2.05, 4.69) is 9.97 Å². The second kappa shape index (κ2) is 9.14. The summed E-state index contributed by atoms with van der Waals surface area (Å²) in [5, 5.41) is 0. The lowest BCUT2D eigenvalue weighted by Gasteiger charge is -2.09. The number of aryl methyl sites for hydroxylation is 1. The fourth-order valence-electron chi connectivity index (χ4n) is 2.85. The topological polar surface area (TPSA) is 87.6 Å². The highest BCUT2D eigenvalue weighted by Crippen LogP contribution is 2.28. The number of carbonyl (C=O) groups excluding carboxylic acids is 2. The molecule has 0 aliphatic carbocycles. The van der Waals surface area contributed by atoms with E-state index < -0.39 is 5.97 Å². The normalized spacial score (nSPS) is 10.6. The first-order valence-corrected chi connectivity index (χ1v) is 9.15. The summed E-state index contributed by atoms with van der Waals surface area (Å²) in [6, 6.07) is 12.4. The van der Waals surface area contributed by atoms with Crippen molar-refractivity contribution in [3.8, 4) is 11.5 Å². The molecule has 1 aromatic heterocycles. The molecule has 0 fully saturated rings. The average molecular weight is 394 g/mol. The molecule has 0 atom stereocenters. The quantitative estimate of drug-likeness (QED) is 0.425. The molecule has 0 radical (unpaired) electrons. The summed E-state index contributed by atoms with van der Waals surface area (Å²) in [7, 11) is 3.03. The number of aromatic nitrogens is 2. The molecule has 0 amide bonds. The molecule has 0 aliphatic heterocycles. The summed E-state index contributed by atoms with van der Waals surface area (Å²) in [6.45, 7) is 1.84. The molecule has 2 aromatic carbocycles. The van der Waals surface area contributed by atoms with Crippen molar-refractivity contribution in [3.63, 3.8) is 0 Å². The molecule has 0 saturated heterocycles. The number of methoxy groups -OCH3 is 2. The van der Waals surface area contributed by atoms with Gasteiger partial charge in [0.05, 0.1) is 43.1 Å². The molecule has 1 heterocycles. The van der Waals surface area contributed by atoms with Gasteiger partial charge in [-0.05, 0) is 37.3 Å². The van der Waals surface area contributed by atoms with Crippen LogP contribution in [0.5, 0.6) is 11.5 Å². The first kappa shape index (κ1) is 20.3. The second-order valence-electron chi connectivity index (χ2n) is 6.40. The maximum absolute atomic E-state index is 12.4. The molecule has 29 heavy (non-hydrogen) atoms. The first-order valence-electron chi connectivity index (χ1n) is 9.15. The molecule has 0 saturated carbocycles. The molecule has 0 spiro atoms. The third-order valence-corrected chi connectivity index (χ3v) is 4.47. The highest BCUT2D eigenvalue weighted by molar-refractivity contribution is 5.98. The second-order valence-corrected chi connectivity index (χ2v) is 6.40. The van der Waals surface area contributed by atoms with Crippen LogP contribution in [0, 0.1) is 6.92 Å². The van der Waals surface area contributed by atoms with E-state index in [-0.39, 0.29) is 25.2 Å². The zero-order valence-corrected chi connectivity index (χ0v) is 16.6. The Morgan fingerprint density at radius 2 is 1.59 bits per heavy atom. The summed E-state index contributed by atoms with van der Waals surface area (Å²) >= 11 is 0. The minimum absolute atomic E-state index is 0.0206. The summed E-state index contributed by atoms with van der Waals surface area (Å²) in [4.78, 5) is 33.4. The summed E-state index contributed by atoms with van der Waals surface area (Å²) in [5.74, 6) is 0.361. The van der Waals surface area contributed by atoms with E-state index in [1.54, 1.807) is 18.2 Å². The van der Waals surface area contributed by atoms with Gasteiger partial charge in [0.1, 0.15) is 6.61 Å². The van der Waals surface area contributed by atoms with E-state index in [1.165, 1.54) is 14.2 Å². The number of Topliss-reactive ketones (excluding diaryl/α,β-unsaturated/α-hetero) is 1. The number of rotatable bonds is 8. The fraction of sp³-hybridized carbons (Fsp3) is 0.273. The first-order chi connectivity index (χ1) is 14.0. The predicted octanol–water partition coefficient (Wildman–Crippen LogP) is 3.66. The molecule has 3 aromatic rings. The smallest absolute Gasteiger partial charge is 0.306 e. The van der Waals surface area contributed by atoms with Crippen molar-refractivity contribution in [2.24, 2.45) is 0 Å². The lowest BCUT2D eigenvalue weighted by Crippen LogP contribution is -2.10. The third-order valence-electron chi connectivity index (χ3n) is 4.47. The van der Waals surface area contributed by atoms with Gasteiger partial charge in [-0.3, -0.25) is 9.59 Å². The number of esters is 1. The summed E-state index contributed by atoms with van der Waals surface area (Å²) in [6.07, 6.45) is 0.0178. The van der Waals surface area contributed by atoms with Crippen LogP contribution in [0.1, 0.15) is 34.6 Å². The fourth-order valence-corrected chi connectivity index (χ4v) is 2.85. The Morgan fingerprint density at radius 3 is 2.28 bits per heavy atom. The van der Waals surface area contributed by atoms with Crippen molar-refractivity contribution >= 4 is 22.8 Å². The van der Waals surface area contributed by atoms with E-state index in [9.17, 15) is 9.59 Å². The lowest BCUT2D eigenvalue weighted by molar-refractivity contribution is -0.145. The minimum Gasteiger partial charge on any atom is -0.493 e. The zero-order valence-electron chi connectivity index (χ0n) is 16.6. The Hall–Kier alpha value is -3.48. The predicted molar refractivity (Wildman–Crippen MR) is 107 cm³/mol. The van der Waals surface area contributed by atoms with E-state index in [4.69, 9.17) is 14.2 Å². The maximum Gasteiger partial charge on any atom is 0.306 e. The largest absolute Gasteiger partial charge is 0.493 e. The number of ether oxygens (including phenoxy) is 3. The van der Waals surface area contributed by atoms with Crippen LogP contribution in [-0.4, -0.2) is 35.9 Å². The van der Waals surface area contributed by atoms with Crippen LogP contribution < -0.4 is 9.47 Å². The van der Waals surface area contributed by atoms with Crippen molar-refractivity contribution in [3.05, 3.63) is 59.4 Å². The highest BCUT2D eigenvalue weighted by atomic mass is 16.5. The van der Waals surface area contributed by atoms with Crippen molar-refractivity contribution < 1.29 is 23.8 Å². The van der Waals surface area contributed by atoms with Crippen LogP contribution in [-0.2, 0) is 16.1 Å². The zero-order chi connectivity index (χ0) is 20.8. The van der Waals surface area contributed by atoms with Crippen molar-refractivity contribution in [1.82, 2.24) is 9.97 Å². The van der Waals surface area contributed by atoms with Crippen LogP contribution in [0.4, 0.5) is 0 Å². The molecule has 0 bridgehead atoms. The summed E-state index contributed by atoms with van der Waals surface area (Å²) in [5.41, 5.74) is 3.29. The van der Waals surface area contributed by atoms with Crippen LogP contribution in [0.15, 0.2) is 42.5 Å². The SMILES string of the molecule is COc1ccc(C(=O)CCC(=O)OCc2nc3ccccc3nc2C)cc1OC. The lowest BCUT2D eigenvalue weighted by atomic mass is 10.1. The monoisotopic (exact) mass is 394 g/mol. The van der Waals surface area contributed by atoms with Gasteiger partial charge in [-0.15, -0.1) is 0 Å². The van der Waals surface area contributed by atoms with Gasteiger partial charge in [0, 0.05) is 12.0 Å². The Morgan fingerprint density at radius 1 is 0.897 bits per heavy atom. The Kier molecular flexibility index (Phi) is 6.39. The van der Waals surface area contributed by atoms with Gasteiger partial charge < -0.3 is 14.2 Å². The number of hydrogen-bond donors (Lipinski definition) is 0. The van der Waals surface area contributed by atoms with Crippen LogP contribution in [0.2, 0.25) is 0 Å². The number of para-hydroxylation sites is 2. The van der Waals surface area contributed by atoms with Gasteiger partial charge in [-0.25, -0.2) is 9.97 Å². The standard InChI is InChI=1S/C22H22N2O5/c1-14-18(24-17-7-5-4-6-16(17)23-14)13-29-22(26)11-9-19(25)15-8-10-20(27-2)21(12-15)28-3/h4-8,10,12H,9,11,13H2,1-3H3. The number of hydrogen-bond acceptors (Lipinski definition) is 7. The molecule has 0 aliphatic rings. The average Bonchev–Trinajstić information content (AvgIpc) is 2.75. The van der Waals surface area contributed by atoms with Crippen LogP contribution >= 0.6 is 0 Å². The van der Waals surface area contributed by atoms with Crippen molar-refractivity contribution in [1.29, 1.82) is 0 Å². The molecular formula is C22H22N2O5. The molecule has 0 N–H and O–H groups in total. The van der Waals surface area contributed by atoms with E-state index in [0.717, 1.165) is 11.0 Å². The van der Waals surface area contributed by atoms with Gasteiger partial charge in [0.15, 0.2) is 17.3 Å². The van der Waals surface area contributed by atoms with Crippen molar-refractivity contribution in [2.75, 3.05) is 14.2 Å². The minimum atomic E-state index is -0.465. The Bertz CT molecular complexity index is 1050. The molecule has 150 valence electrons. The molecule has 7 heteroatoms. The Labute approximate surface area is 168 Å². The molecule has 3 rings (SSSR count). The Balaban J connectivity index is 1.56. The molecule has 0 unspecified atom stereocenters. The molecule has 7 nitrogen and oxygen atoms in total.